The van der Waals surface area contributed by atoms with E-state index in [2.05, 4.69) is 257 Å². The van der Waals surface area contributed by atoms with E-state index in [0.29, 0.717) is 0 Å². The second-order valence-electron chi connectivity index (χ2n) is 31.6. The molecule has 0 radical (unpaired) electrons. The second-order valence-corrected chi connectivity index (χ2v) is 31.6. The van der Waals surface area contributed by atoms with Crippen LogP contribution in [0.3, 0.4) is 0 Å². The van der Waals surface area contributed by atoms with E-state index in [4.69, 9.17) is 4.42 Å². The zero-order valence-electron chi connectivity index (χ0n) is 52.5. The lowest BCUT2D eigenvalue weighted by atomic mass is 9.33. The van der Waals surface area contributed by atoms with Crippen molar-refractivity contribution < 1.29 is 4.42 Å². The first-order valence-corrected chi connectivity index (χ1v) is 32.0. The summed E-state index contributed by atoms with van der Waals surface area (Å²) >= 11 is 0. The van der Waals surface area contributed by atoms with Crippen LogP contribution in [0.2, 0.25) is 0 Å². The van der Waals surface area contributed by atoms with E-state index in [1.807, 2.05) is 0 Å². The molecule has 4 heterocycles. The summed E-state index contributed by atoms with van der Waals surface area (Å²) in [5.41, 5.74) is 29.1. The van der Waals surface area contributed by atoms with E-state index < -0.39 is 0 Å². The number of hydrogen-bond donors (Lipinski definition) is 0. The lowest BCUT2D eigenvalue weighted by Crippen LogP contribution is -2.62. The van der Waals surface area contributed by atoms with E-state index in [1.165, 1.54) is 126 Å². The summed E-state index contributed by atoms with van der Waals surface area (Å²) in [6, 6.07) is 58.0. The van der Waals surface area contributed by atoms with Gasteiger partial charge in [0, 0.05) is 50.6 Å². The molecular weight excluding hydrogens is 1020 g/mol. The van der Waals surface area contributed by atoms with Gasteiger partial charge in [-0.15, -0.1) is 0 Å². The molecule has 2 unspecified atom stereocenters. The maximum absolute atomic E-state index is 6.88. The number of anilines is 8. The number of benzene rings is 8. The first-order chi connectivity index (χ1) is 39.8. The number of furan rings is 1. The van der Waals surface area contributed by atoms with Gasteiger partial charge < -0.3 is 19.1 Å². The van der Waals surface area contributed by atoms with Crippen LogP contribution in [0.15, 0.2) is 150 Å². The molecule has 16 rings (SSSR count). The topological polar surface area (TPSA) is 22.9 Å². The third-order valence-corrected chi connectivity index (χ3v) is 23.7. The van der Waals surface area contributed by atoms with Gasteiger partial charge in [-0.1, -0.05) is 182 Å². The highest BCUT2D eigenvalue weighted by Crippen LogP contribution is 2.63. The smallest absolute Gasteiger partial charge is 0.252 e. The highest BCUT2D eigenvalue weighted by molar-refractivity contribution is 7.00. The molecule has 0 N–H and O–H groups in total. The molecule has 0 spiro atoms. The molecule has 5 heteroatoms. The molecule has 7 aliphatic rings. The summed E-state index contributed by atoms with van der Waals surface area (Å²) in [7, 11) is 0. The molecule has 4 nitrogen and oxygen atoms in total. The summed E-state index contributed by atoms with van der Waals surface area (Å²) in [5.74, 6) is 0. The summed E-state index contributed by atoms with van der Waals surface area (Å²) in [4.78, 5) is 8.40. The third kappa shape index (κ3) is 7.02. The Kier molecular flexibility index (Phi) is 10.6. The van der Waals surface area contributed by atoms with Crippen LogP contribution >= 0.6 is 0 Å². The minimum atomic E-state index is -0.203. The van der Waals surface area contributed by atoms with Crippen molar-refractivity contribution in [1.82, 2.24) is 0 Å². The molecule has 3 aliphatic heterocycles. The van der Waals surface area contributed by atoms with E-state index >= 15 is 0 Å². The number of fused-ring (bicyclic) bond motifs is 13. The lowest BCUT2D eigenvalue weighted by molar-refractivity contribution is 0.195. The Labute approximate surface area is 500 Å². The Morgan fingerprint density at radius 2 is 0.929 bits per heavy atom. The highest BCUT2D eigenvalue weighted by atomic mass is 16.3. The van der Waals surface area contributed by atoms with Gasteiger partial charge in [-0.2, -0.15) is 0 Å². The fraction of sp³-hybridized carbons (Fsp3) is 0.392. The van der Waals surface area contributed by atoms with Crippen LogP contribution in [0.25, 0.3) is 33.1 Å². The maximum atomic E-state index is 6.88. The molecule has 424 valence electrons. The zero-order valence-corrected chi connectivity index (χ0v) is 52.5. The van der Waals surface area contributed by atoms with Gasteiger partial charge in [-0.3, -0.25) is 0 Å². The quantitative estimate of drug-likeness (QED) is 0.164. The molecule has 0 saturated heterocycles. The number of hydrogen-bond acceptors (Lipinski definition) is 4. The Morgan fingerprint density at radius 1 is 0.369 bits per heavy atom. The summed E-state index contributed by atoms with van der Waals surface area (Å²) in [5, 5.41) is 2.31. The number of rotatable bonds is 4. The van der Waals surface area contributed by atoms with Gasteiger partial charge in [-0.05, 0) is 218 Å². The second kappa shape index (κ2) is 16.9. The molecule has 4 aliphatic carbocycles. The van der Waals surface area contributed by atoms with Crippen LogP contribution in [0.4, 0.5) is 45.5 Å². The minimum absolute atomic E-state index is 0.00233. The van der Waals surface area contributed by atoms with Crippen molar-refractivity contribution in [3.05, 3.63) is 185 Å². The summed E-state index contributed by atoms with van der Waals surface area (Å²) in [6.07, 6.45) is 10.4. The van der Waals surface area contributed by atoms with Crippen LogP contribution in [0.1, 0.15) is 194 Å². The van der Waals surface area contributed by atoms with E-state index in [-0.39, 0.29) is 50.2 Å². The van der Waals surface area contributed by atoms with Crippen molar-refractivity contribution >= 4 is 90.5 Å². The Morgan fingerprint density at radius 3 is 1.62 bits per heavy atom. The van der Waals surface area contributed by atoms with Crippen molar-refractivity contribution in [2.45, 2.75) is 198 Å². The van der Waals surface area contributed by atoms with Crippen molar-refractivity contribution in [3.8, 4) is 11.1 Å². The molecular formula is C79H84BN3O. The van der Waals surface area contributed by atoms with Gasteiger partial charge in [0.15, 0.2) is 0 Å². The predicted octanol–water partition coefficient (Wildman–Crippen LogP) is 19.7. The summed E-state index contributed by atoms with van der Waals surface area (Å²) < 4.78 is 6.88. The molecule has 8 aromatic carbocycles. The predicted molar refractivity (Wildman–Crippen MR) is 357 cm³/mol. The number of nitrogens with zero attached hydrogens (tertiary/aromatic N) is 3. The van der Waals surface area contributed by atoms with Crippen LogP contribution in [-0.2, 0) is 37.9 Å². The number of para-hydroxylation sites is 1. The van der Waals surface area contributed by atoms with Crippen molar-refractivity contribution in [3.63, 3.8) is 0 Å². The van der Waals surface area contributed by atoms with Crippen LogP contribution in [0, 0.1) is 0 Å². The largest absolute Gasteiger partial charge is 0.456 e. The third-order valence-electron chi connectivity index (χ3n) is 23.7. The van der Waals surface area contributed by atoms with Crippen molar-refractivity contribution in [2.75, 3.05) is 14.7 Å². The average molecular weight is 1100 g/mol. The first kappa shape index (κ1) is 52.6. The van der Waals surface area contributed by atoms with E-state index in [0.717, 1.165) is 66.2 Å². The van der Waals surface area contributed by atoms with Gasteiger partial charge in [0.1, 0.15) is 11.2 Å². The van der Waals surface area contributed by atoms with Crippen LogP contribution in [-0.4, -0.2) is 12.3 Å². The van der Waals surface area contributed by atoms with Crippen molar-refractivity contribution in [2.24, 2.45) is 0 Å². The highest BCUT2D eigenvalue weighted by Gasteiger charge is 2.59. The summed E-state index contributed by atoms with van der Waals surface area (Å²) in [6.45, 7) is 35.2. The van der Waals surface area contributed by atoms with Gasteiger partial charge in [0.05, 0.1) is 16.6 Å². The first-order valence-electron chi connectivity index (χ1n) is 32.0. The van der Waals surface area contributed by atoms with Crippen LogP contribution in [0.5, 0.6) is 0 Å². The Balaban J connectivity index is 1.07. The minimum Gasteiger partial charge on any atom is -0.456 e. The van der Waals surface area contributed by atoms with E-state index in [1.54, 1.807) is 0 Å². The molecule has 9 aromatic rings. The molecule has 84 heavy (non-hydrogen) atoms. The SMILES string of the molecule is CC1(C)CCC(C)(C)c2cc(N3c4cc5c(cc4B4c6cc7c(cc6N(c6cccc8oc9ccccc9c68)c6cc(N8c9ccc(-c%10ccccc%10)cc9C9(C)CCCCC89C)cc3c64)C(C)(C)CC7(C)C)C(C)(C)CCC5(C)C)ccc21. The van der Waals surface area contributed by atoms with Crippen LogP contribution < -0.4 is 31.1 Å². The Bertz CT molecular complexity index is 4320. The fourth-order valence-corrected chi connectivity index (χ4v) is 18.8. The van der Waals surface area contributed by atoms with E-state index in [9.17, 15) is 0 Å². The standard InChI is InChI=1S/C79H84BN3O/c1-72(2)35-36-73(3,4)54-40-50(30-31-53(54)72)81-64-45-57-55(74(5,6)37-38-75(57,7)8)43-60(64)80-61-44-56-58(77(11,12)47-76(56,9)10)46-65(61)82(63-26-22-28-69-70(63)52-25-18-19-27-68(52)84-69)67-42-51(41-66(81)71(67)80)83-62-32-29-49(48-23-16-15-17-24-48)39-59(62)78(13)33-20-21-34-79(78,83)14/h15-19,22-32,39-46H,20-21,33-38,47H2,1-14H3. The van der Waals surface area contributed by atoms with Gasteiger partial charge >= 0.3 is 0 Å². The maximum Gasteiger partial charge on any atom is 0.252 e. The molecule has 1 fully saturated rings. The van der Waals surface area contributed by atoms with Crippen molar-refractivity contribution in [1.29, 1.82) is 0 Å². The lowest BCUT2D eigenvalue weighted by Gasteiger charge is -2.51. The molecule has 0 bridgehead atoms. The normalized spacial score (nSPS) is 23.7. The molecule has 2 atom stereocenters. The molecule has 1 saturated carbocycles. The zero-order chi connectivity index (χ0) is 58.2. The average Bonchev–Trinajstić information content (AvgIpc) is 1.14. The molecule has 0 amide bonds. The van der Waals surface area contributed by atoms with Gasteiger partial charge in [-0.25, -0.2) is 0 Å². The molecule has 1 aromatic heterocycles. The monoisotopic (exact) mass is 1100 g/mol. The fourth-order valence-electron chi connectivity index (χ4n) is 18.8. The van der Waals surface area contributed by atoms with Gasteiger partial charge in [0.2, 0.25) is 0 Å². The Hall–Kier alpha value is -6.98. The van der Waals surface area contributed by atoms with Gasteiger partial charge in [0.25, 0.3) is 6.71 Å².